The minimum atomic E-state index is -4.61. The van der Waals surface area contributed by atoms with E-state index < -0.39 is 26.5 Å². The number of unbranched alkanes of at least 4 members (excludes halogenated alkanes) is 25. The molecular formula is C41H82NO8P. The van der Waals surface area contributed by atoms with Crippen LogP contribution in [-0.2, 0) is 32.7 Å². The molecule has 2 atom stereocenters. The lowest BCUT2D eigenvalue weighted by atomic mass is 10.0. The second-order valence-electron chi connectivity index (χ2n) is 15.7. The summed E-state index contributed by atoms with van der Waals surface area (Å²) in [7, 11) is 1.18. The molecule has 0 N–H and O–H groups in total. The molecule has 0 spiro atoms. The molecule has 0 fully saturated rings. The summed E-state index contributed by atoms with van der Waals surface area (Å²) < 4.78 is 33.8. The number of esters is 2. The van der Waals surface area contributed by atoms with E-state index in [0.29, 0.717) is 17.4 Å². The molecule has 51 heavy (non-hydrogen) atoms. The molecule has 0 rings (SSSR count). The molecule has 10 heteroatoms. The number of phosphoric acid groups is 1. The fourth-order valence-electron chi connectivity index (χ4n) is 6.01. The van der Waals surface area contributed by atoms with Gasteiger partial charge < -0.3 is 27.9 Å². The maximum atomic E-state index is 12.6. The predicted octanol–water partition coefficient (Wildman–Crippen LogP) is 11.0. The molecule has 0 amide bonds. The Morgan fingerprint density at radius 3 is 1.25 bits per heavy atom. The Kier molecular flexibility index (Phi) is 34.1. The maximum Gasteiger partial charge on any atom is 0.306 e. The van der Waals surface area contributed by atoms with Crippen LogP contribution in [0.4, 0.5) is 0 Å². The highest BCUT2D eigenvalue weighted by Gasteiger charge is 2.21. The third kappa shape index (κ3) is 38.5. The topological polar surface area (TPSA) is 111 Å². The van der Waals surface area contributed by atoms with E-state index in [1.165, 1.54) is 135 Å². The van der Waals surface area contributed by atoms with Crippen molar-refractivity contribution in [2.24, 2.45) is 0 Å². The van der Waals surface area contributed by atoms with Crippen LogP contribution in [0.1, 0.15) is 200 Å². The zero-order valence-corrected chi connectivity index (χ0v) is 35.0. The smallest absolute Gasteiger partial charge is 0.306 e. The zero-order chi connectivity index (χ0) is 37.9. The molecule has 0 aliphatic heterocycles. The van der Waals surface area contributed by atoms with Gasteiger partial charge in [0.15, 0.2) is 6.10 Å². The molecule has 0 aromatic heterocycles. The summed E-state index contributed by atoms with van der Waals surface area (Å²) in [6, 6.07) is 0. The highest BCUT2D eigenvalue weighted by atomic mass is 31.2. The van der Waals surface area contributed by atoms with Gasteiger partial charge in [0.2, 0.25) is 0 Å². The van der Waals surface area contributed by atoms with Gasteiger partial charge in [-0.1, -0.05) is 174 Å². The minimum Gasteiger partial charge on any atom is -0.756 e. The first-order valence-corrected chi connectivity index (χ1v) is 22.7. The maximum absolute atomic E-state index is 12.6. The second-order valence-corrected chi connectivity index (χ2v) is 17.1. The number of hydrogen-bond donors (Lipinski definition) is 0. The number of likely N-dealkylation sites (N-methyl/N-ethyl adjacent to an activating group) is 1. The van der Waals surface area contributed by atoms with Crippen molar-refractivity contribution in [3.05, 3.63) is 0 Å². The molecule has 0 bridgehead atoms. The van der Waals surface area contributed by atoms with Crippen molar-refractivity contribution >= 4 is 19.8 Å². The lowest BCUT2D eigenvalue weighted by Gasteiger charge is -2.28. The molecular weight excluding hydrogens is 665 g/mol. The van der Waals surface area contributed by atoms with Gasteiger partial charge >= 0.3 is 11.9 Å². The van der Waals surface area contributed by atoms with E-state index in [-0.39, 0.29) is 32.0 Å². The predicted molar refractivity (Wildman–Crippen MR) is 208 cm³/mol. The van der Waals surface area contributed by atoms with Crippen molar-refractivity contribution in [1.29, 1.82) is 0 Å². The second kappa shape index (κ2) is 34.8. The van der Waals surface area contributed by atoms with E-state index in [2.05, 4.69) is 13.8 Å². The molecule has 304 valence electrons. The van der Waals surface area contributed by atoms with Crippen molar-refractivity contribution < 1.29 is 42.1 Å². The van der Waals surface area contributed by atoms with E-state index in [9.17, 15) is 19.0 Å². The minimum absolute atomic E-state index is 0.0259. The molecule has 9 nitrogen and oxygen atoms in total. The SMILES string of the molecule is CCCCCCCCCCCCCCCCCC(=O)OC[C@H](COP(=O)([O-])OCC[N+](C)(C)C)OC(=O)CCCCCCCCCCCCCC. The zero-order valence-electron chi connectivity index (χ0n) is 34.1. The number of phosphoric ester groups is 1. The molecule has 0 heterocycles. The van der Waals surface area contributed by atoms with Gasteiger partial charge in [0.25, 0.3) is 7.82 Å². The van der Waals surface area contributed by atoms with Crippen LogP contribution in [-0.4, -0.2) is 70.0 Å². The number of quaternary nitrogens is 1. The first kappa shape index (κ1) is 50.0. The van der Waals surface area contributed by atoms with Crippen molar-refractivity contribution in [2.45, 2.75) is 206 Å². The number of nitrogens with zero attached hydrogens (tertiary/aromatic N) is 1. The number of hydrogen-bond acceptors (Lipinski definition) is 8. The Morgan fingerprint density at radius 2 is 0.882 bits per heavy atom. The van der Waals surface area contributed by atoms with Gasteiger partial charge in [-0.2, -0.15) is 0 Å². The monoisotopic (exact) mass is 748 g/mol. The Hall–Kier alpha value is -0.990. The van der Waals surface area contributed by atoms with E-state index in [1.54, 1.807) is 0 Å². The average Bonchev–Trinajstić information content (AvgIpc) is 3.07. The van der Waals surface area contributed by atoms with Crippen molar-refractivity contribution in [3.8, 4) is 0 Å². The van der Waals surface area contributed by atoms with Crippen LogP contribution in [0.3, 0.4) is 0 Å². The number of rotatable bonds is 39. The third-order valence-electron chi connectivity index (χ3n) is 9.38. The van der Waals surface area contributed by atoms with Crippen molar-refractivity contribution in [3.63, 3.8) is 0 Å². The summed E-state index contributed by atoms with van der Waals surface area (Å²) in [6.07, 6.45) is 32.6. The number of ether oxygens (including phenoxy) is 2. The molecule has 1 unspecified atom stereocenters. The molecule has 0 aromatic carbocycles. The third-order valence-corrected chi connectivity index (χ3v) is 10.3. The van der Waals surface area contributed by atoms with Crippen LogP contribution < -0.4 is 4.89 Å². The molecule has 0 aromatic rings. The lowest BCUT2D eigenvalue weighted by molar-refractivity contribution is -0.870. The highest BCUT2D eigenvalue weighted by molar-refractivity contribution is 7.45. The Labute approximate surface area is 314 Å². The van der Waals surface area contributed by atoms with E-state index in [1.807, 2.05) is 21.1 Å². The molecule has 0 saturated carbocycles. The van der Waals surface area contributed by atoms with Gasteiger partial charge in [-0.05, 0) is 12.8 Å². The van der Waals surface area contributed by atoms with E-state index in [0.717, 1.165) is 32.1 Å². The lowest BCUT2D eigenvalue weighted by Crippen LogP contribution is -2.37. The standard InChI is InChI=1S/C41H82NO8P/c1-6-8-10-12-14-16-18-20-21-22-24-25-27-29-31-33-40(43)47-37-39(38-49-51(45,46)48-36-35-42(3,4)5)50-41(44)34-32-30-28-26-23-19-17-15-13-11-9-7-2/h39H,6-38H2,1-5H3/t39-/m1/s1. The van der Waals surface area contributed by atoms with Crippen LogP contribution >= 0.6 is 7.82 Å². The number of carbonyl (C=O) groups is 2. The Balaban J connectivity index is 4.33. The Bertz CT molecular complexity index is 850. The first-order valence-electron chi connectivity index (χ1n) is 21.2. The fourth-order valence-corrected chi connectivity index (χ4v) is 6.74. The first-order chi connectivity index (χ1) is 24.5. The summed E-state index contributed by atoms with van der Waals surface area (Å²) in [4.78, 5) is 37.4. The fraction of sp³-hybridized carbons (Fsp3) is 0.951. The van der Waals surface area contributed by atoms with E-state index >= 15 is 0 Å². The van der Waals surface area contributed by atoms with Gasteiger partial charge in [-0.15, -0.1) is 0 Å². The summed E-state index contributed by atoms with van der Waals surface area (Å²) in [5, 5.41) is 0. The normalized spacial score (nSPS) is 13.6. The van der Waals surface area contributed by atoms with Gasteiger partial charge in [-0.3, -0.25) is 14.2 Å². The molecule has 0 aliphatic carbocycles. The van der Waals surface area contributed by atoms with Gasteiger partial charge in [0.05, 0.1) is 27.7 Å². The van der Waals surface area contributed by atoms with Gasteiger partial charge in [-0.25, -0.2) is 0 Å². The van der Waals surface area contributed by atoms with Gasteiger partial charge in [0, 0.05) is 12.8 Å². The molecule has 0 aliphatic rings. The Morgan fingerprint density at radius 1 is 0.529 bits per heavy atom. The molecule has 0 radical (unpaired) electrons. The largest absolute Gasteiger partial charge is 0.756 e. The summed E-state index contributed by atoms with van der Waals surface area (Å²) in [6.45, 7) is 4.25. The van der Waals surface area contributed by atoms with Crippen LogP contribution in [0.15, 0.2) is 0 Å². The van der Waals surface area contributed by atoms with Gasteiger partial charge in [0.1, 0.15) is 19.8 Å². The molecule has 0 saturated heterocycles. The highest BCUT2D eigenvalue weighted by Crippen LogP contribution is 2.38. The van der Waals surface area contributed by atoms with Crippen molar-refractivity contribution in [1.82, 2.24) is 0 Å². The van der Waals surface area contributed by atoms with Crippen molar-refractivity contribution in [2.75, 3.05) is 47.5 Å². The quantitative estimate of drug-likeness (QED) is 0.0264. The average molecular weight is 748 g/mol. The summed E-state index contributed by atoms with van der Waals surface area (Å²) >= 11 is 0. The number of carbonyl (C=O) groups excluding carboxylic acids is 2. The summed E-state index contributed by atoms with van der Waals surface area (Å²) in [5.74, 6) is -0.822. The summed E-state index contributed by atoms with van der Waals surface area (Å²) in [5.41, 5.74) is 0. The van der Waals surface area contributed by atoms with Crippen LogP contribution in [0.25, 0.3) is 0 Å². The van der Waals surface area contributed by atoms with E-state index in [4.69, 9.17) is 18.5 Å². The van der Waals surface area contributed by atoms with Crippen LogP contribution in [0.2, 0.25) is 0 Å². The van der Waals surface area contributed by atoms with Crippen LogP contribution in [0.5, 0.6) is 0 Å². The van der Waals surface area contributed by atoms with Crippen LogP contribution in [0, 0.1) is 0 Å².